The Kier molecular flexibility index (Phi) is 4.22. The second kappa shape index (κ2) is 5.72. The first-order valence-electron chi connectivity index (χ1n) is 5.50. The third-order valence-corrected chi connectivity index (χ3v) is 3.96. The summed E-state index contributed by atoms with van der Waals surface area (Å²) in [7, 11) is 0. The molecule has 5 heteroatoms. The van der Waals surface area contributed by atoms with Crippen molar-refractivity contribution in [3.05, 3.63) is 62.8 Å². The maximum Gasteiger partial charge on any atom is 0.258 e. The first kappa shape index (κ1) is 14.0. The zero-order valence-corrected chi connectivity index (χ0v) is 12.3. The van der Waals surface area contributed by atoms with E-state index in [1.807, 2.05) is 0 Å². The molecule has 19 heavy (non-hydrogen) atoms. The molecule has 0 aliphatic rings. The van der Waals surface area contributed by atoms with Gasteiger partial charge in [0.05, 0.1) is 20.7 Å². The SMILES string of the molecule is Cc1ccc(F)c(C(=O)Nc2cccc(Cl)c2Br)c1. The van der Waals surface area contributed by atoms with Crippen molar-refractivity contribution < 1.29 is 9.18 Å². The molecule has 0 aliphatic heterocycles. The molecule has 0 heterocycles. The minimum absolute atomic E-state index is 0.00637. The third kappa shape index (κ3) is 3.14. The highest BCUT2D eigenvalue weighted by atomic mass is 79.9. The number of amides is 1. The van der Waals surface area contributed by atoms with E-state index in [0.29, 0.717) is 15.2 Å². The molecular weight excluding hydrogens is 333 g/mol. The summed E-state index contributed by atoms with van der Waals surface area (Å²) in [5.41, 5.74) is 1.32. The van der Waals surface area contributed by atoms with Crippen molar-refractivity contribution in [2.45, 2.75) is 6.92 Å². The fourth-order valence-electron chi connectivity index (χ4n) is 1.60. The van der Waals surface area contributed by atoms with Gasteiger partial charge in [-0.15, -0.1) is 0 Å². The van der Waals surface area contributed by atoms with Crippen LogP contribution in [0.5, 0.6) is 0 Å². The van der Waals surface area contributed by atoms with Crippen molar-refractivity contribution in [3.8, 4) is 0 Å². The van der Waals surface area contributed by atoms with Gasteiger partial charge in [-0.1, -0.05) is 29.3 Å². The maximum absolute atomic E-state index is 13.6. The van der Waals surface area contributed by atoms with Gasteiger partial charge in [0.1, 0.15) is 5.82 Å². The highest BCUT2D eigenvalue weighted by Crippen LogP contribution is 2.30. The molecule has 2 rings (SSSR count). The number of halogens is 3. The molecule has 2 aromatic rings. The number of hydrogen-bond donors (Lipinski definition) is 1. The number of nitrogens with one attached hydrogen (secondary N) is 1. The molecule has 2 aromatic carbocycles. The van der Waals surface area contributed by atoms with Crippen LogP contribution in [0.4, 0.5) is 10.1 Å². The molecule has 0 radical (unpaired) electrons. The second-order valence-corrected chi connectivity index (χ2v) is 5.24. The summed E-state index contributed by atoms with van der Waals surface area (Å²) in [6, 6.07) is 9.47. The minimum Gasteiger partial charge on any atom is -0.321 e. The molecule has 98 valence electrons. The normalized spacial score (nSPS) is 10.3. The van der Waals surface area contributed by atoms with E-state index in [4.69, 9.17) is 11.6 Å². The van der Waals surface area contributed by atoms with Gasteiger partial charge in [-0.2, -0.15) is 0 Å². The van der Waals surface area contributed by atoms with Crippen LogP contribution >= 0.6 is 27.5 Å². The molecule has 0 spiro atoms. The number of rotatable bonds is 2. The summed E-state index contributed by atoms with van der Waals surface area (Å²) >= 11 is 9.20. The van der Waals surface area contributed by atoms with Crippen LogP contribution in [0.15, 0.2) is 40.9 Å². The first-order valence-corrected chi connectivity index (χ1v) is 6.67. The number of carbonyl (C=O) groups is 1. The quantitative estimate of drug-likeness (QED) is 0.834. The highest BCUT2D eigenvalue weighted by molar-refractivity contribution is 9.10. The molecule has 0 aromatic heterocycles. The van der Waals surface area contributed by atoms with Gasteiger partial charge in [0.25, 0.3) is 5.91 Å². The summed E-state index contributed by atoms with van der Waals surface area (Å²) in [5.74, 6) is -1.06. The lowest BCUT2D eigenvalue weighted by Gasteiger charge is -2.09. The average Bonchev–Trinajstić information content (AvgIpc) is 2.38. The van der Waals surface area contributed by atoms with Crippen LogP contribution in [-0.2, 0) is 0 Å². The first-order chi connectivity index (χ1) is 8.99. The molecule has 0 saturated heterocycles. The molecule has 0 saturated carbocycles. The van der Waals surface area contributed by atoms with Crippen molar-refractivity contribution >= 4 is 39.1 Å². The Labute approximate surface area is 123 Å². The van der Waals surface area contributed by atoms with Crippen LogP contribution < -0.4 is 5.32 Å². The third-order valence-electron chi connectivity index (χ3n) is 2.57. The standard InChI is InChI=1S/C14H10BrClFNO/c1-8-5-6-11(17)9(7-8)14(19)18-12-4-2-3-10(16)13(12)15/h2-7H,1H3,(H,18,19). The van der Waals surface area contributed by atoms with Crippen molar-refractivity contribution in [2.75, 3.05) is 5.32 Å². The Hall–Kier alpha value is -1.39. The van der Waals surface area contributed by atoms with Crippen LogP contribution in [0.2, 0.25) is 5.02 Å². The Morgan fingerprint density at radius 1 is 1.32 bits per heavy atom. The van der Waals surface area contributed by atoms with E-state index in [-0.39, 0.29) is 5.56 Å². The van der Waals surface area contributed by atoms with Gasteiger partial charge in [-0.3, -0.25) is 4.79 Å². The molecule has 0 atom stereocenters. The van der Waals surface area contributed by atoms with E-state index < -0.39 is 11.7 Å². The van der Waals surface area contributed by atoms with Crippen LogP contribution in [0.1, 0.15) is 15.9 Å². The van der Waals surface area contributed by atoms with E-state index in [0.717, 1.165) is 5.56 Å². The molecule has 1 N–H and O–H groups in total. The highest BCUT2D eigenvalue weighted by Gasteiger charge is 2.14. The summed E-state index contributed by atoms with van der Waals surface area (Å²) in [6.45, 7) is 1.80. The Bertz CT molecular complexity index is 645. The zero-order valence-electron chi connectivity index (χ0n) is 10.0. The smallest absolute Gasteiger partial charge is 0.258 e. The van der Waals surface area contributed by atoms with Gasteiger partial charge in [0.15, 0.2) is 0 Å². The van der Waals surface area contributed by atoms with Gasteiger partial charge in [0.2, 0.25) is 0 Å². The van der Waals surface area contributed by atoms with Crippen molar-refractivity contribution in [1.82, 2.24) is 0 Å². The fraction of sp³-hybridized carbons (Fsp3) is 0.0714. The van der Waals surface area contributed by atoms with Crippen molar-refractivity contribution in [1.29, 1.82) is 0 Å². The fourth-order valence-corrected chi connectivity index (χ4v) is 2.14. The number of hydrogen-bond acceptors (Lipinski definition) is 1. The van der Waals surface area contributed by atoms with Crippen LogP contribution in [0, 0.1) is 12.7 Å². The topological polar surface area (TPSA) is 29.1 Å². The molecule has 2 nitrogen and oxygen atoms in total. The Balaban J connectivity index is 2.31. The Morgan fingerprint density at radius 2 is 2.05 bits per heavy atom. The average molecular weight is 343 g/mol. The lowest BCUT2D eigenvalue weighted by Crippen LogP contribution is -2.14. The summed E-state index contributed by atoms with van der Waals surface area (Å²) in [4.78, 5) is 12.0. The minimum atomic E-state index is -0.554. The largest absolute Gasteiger partial charge is 0.321 e. The molecule has 0 aliphatic carbocycles. The van der Waals surface area contributed by atoms with Crippen molar-refractivity contribution in [2.24, 2.45) is 0 Å². The molecular formula is C14H10BrClFNO. The summed E-state index contributed by atoms with van der Waals surface area (Å²) < 4.78 is 14.2. The summed E-state index contributed by atoms with van der Waals surface area (Å²) in [5, 5.41) is 3.10. The predicted molar refractivity (Wildman–Crippen MR) is 78.2 cm³/mol. The number of anilines is 1. The lowest BCUT2D eigenvalue weighted by atomic mass is 10.1. The van der Waals surface area contributed by atoms with Gasteiger partial charge in [-0.25, -0.2) is 4.39 Å². The molecule has 0 unspecified atom stereocenters. The van der Waals surface area contributed by atoms with Gasteiger partial charge in [-0.05, 0) is 47.1 Å². The number of benzene rings is 2. The number of carbonyl (C=O) groups excluding carboxylic acids is 1. The molecule has 0 fully saturated rings. The van der Waals surface area contributed by atoms with Crippen LogP contribution in [-0.4, -0.2) is 5.91 Å². The van der Waals surface area contributed by atoms with E-state index in [1.165, 1.54) is 12.1 Å². The monoisotopic (exact) mass is 341 g/mol. The summed E-state index contributed by atoms with van der Waals surface area (Å²) in [6.07, 6.45) is 0. The van der Waals surface area contributed by atoms with Gasteiger partial charge in [0, 0.05) is 0 Å². The van der Waals surface area contributed by atoms with E-state index in [1.54, 1.807) is 31.2 Å². The Morgan fingerprint density at radius 3 is 2.79 bits per heavy atom. The van der Waals surface area contributed by atoms with Crippen molar-refractivity contribution in [3.63, 3.8) is 0 Å². The van der Waals surface area contributed by atoms with Crippen LogP contribution in [0.3, 0.4) is 0 Å². The van der Waals surface area contributed by atoms with Gasteiger partial charge >= 0.3 is 0 Å². The molecule has 0 bridgehead atoms. The predicted octanol–water partition coefficient (Wildman–Crippen LogP) is 4.80. The molecule has 1 amide bonds. The zero-order chi connectivity index (χ0) is 14.0. The van der Waals surface area contributed by atoms with E-state index in [2.05, 4.69) is 21.2 Å². The lowest BCUT2D eigenvalue weighted by molar-refractivity contribution is 0.102. The maximum atomic E-state index is 13.6. The van der Waals surface area contributed by atoms with Crippen LogP contribution in [0.25, 0.3) is 0 Å². The van der Waals surface area contributed by atoms with E-state index in [9.17, 15) is 9.18 Å². The van der Waals surface area contributed by atoms with E-state index >= 15 is 0 Å². The number of aryl methyl sites for hydroxylation is 1. The van der Waals surface area contributed by atoms with Gasteiger partial charge < -0.3 is 5.32 Å². The second-order valence-electron chi connectivity index (χ2n) is 4.04.